The average molecular weight is 322 g/mol. The van der Waals surface area contributed by atoms with E-state index in [0.717, 1.165) is 5.56 Å². The molecule has 0 radical (unpaired) electrons. The molecule has 0 bridgehead atoms. The minimum absolute atomic E-state index is 0.0445. The Morgan fingerprint density at radius 3 is 2.65 bits per heavy atom. The Bertz CT molecular complexity index is 531. The van der Waals surface area contributed by atoms with Gasteiger partial charge in [-0.2, -0.15) is 0 Å². The number of rotatable bonds is 4. The van der Waals surface area contributed by atoms with Crippen LogP contribution in [0.25, 0.3) is 0 Å². The number of β-amino-alcohol motifs (C(OH)–C–C–N with tert-alkyl or cyclic N) is 1. The highest BCUT2D eigenvalue weighted by Gasteiger charge is 2.32. The molecule has 2 fully saturated rings. The number of aliphatic hydroxyl groups excluding tert-OH is 1. The van der Waals surface area contributed by atoms with Gasteiger partial charge in [-0.3, -0.25) is 9.69 Å². The summed E-state index contributed by atoms with van der Waals surface area (Å²) in [5, 5.41) is 9.97. The van der Waals surface area contributed by atoms with Crippen molar-refractivity contribution in [1.82, 2.24) is 9.80 Å². The average Bonchev–Trinajstić information content (AvgIpc) is 2.95. The summed E-state index contributed by atoms with van der Waals surface area (Å²) in [5.41, 5.74) is 0.988. The van der Waals surface area contributed by atoms with Crippen LogP contribution in [-0.4, -0.2) is 66.3 Å². The van der Waals surface area contributed by atoms with Crippen molar-refractivity contribution in [2.75, 3.05) is 39.4 Å². The van der Waals surface area contributed by atoms with Crippen molar-refractivity contribution in [2.45, 2.75) is 25.0 Å². The first-order chi connectivity index (χ1) is 11.1. The number of halogens is 1. The van der Waals surface area contributed by atoms with Gasteiger partial charge in [0, 0.05) is 38.6 Å². The van der Waals surface area contributed by atoms with Crippen LogP contribution in [0.3, 0.4) is 0 Å². The second-order valence-electron chi connectivity index (χ2n) is 6.19. The highest BCUT2D eigenvalue weighted by Crippen LogP contribution is 2.32. The number of ether oxygens (including phenoxy) is 1. The van der Waals surface area contributed by atoms with Crippen molar-refractivity contribution in [1.29, 1.82) is 0 Å². The number of benzene rings is 1. The van der Waals surface area contributed by atoms with Gasteiger partial charge in [-0.25, -0.2) is 4.39 Å². The van der Waals surface area contributed by atoms with Crippen LogP contribution in [0.4, 0.5) is 4.39 Å². The summed E-state index contributed by atoms with van der Waals surface area (Å²) in [6.07, 6.45) is 0.658. The molecule has 5 nitrogen and oxygen atoms in total. The summed E-state index contributed by atoms with van der Waals surface area (Å²) in [6.45, 7) is 3.68. The van der Waals surface area contributed by atoms with Gasteiger partial charge in [0.1, 0.15) is 5.82 Å². The summed E-state index contributed by atoms with van der Waals surface area (Å²) in [5.74, 6) is -0.131. The third-order valence-electron chi connectivity index (χ3n) is 4.61. The third kappa shape index (κ3) is 4.07. The van der Waals surface area contributed by atoms with Gasteiger partial charge in [-0.05, 0) is 24.1 Å². The van der Waals surface area contributed by atoms with Crippen molar-refractivity contribution in [3.05, 3.63) is 35.6 Å². The minimum Gasteiger partial charge on any atom is -0.392 e. The largest absolute Gasteiger partial charge is 0.392 e. The molecule has 126 valence electrons. The van der Waals surface area contributed by atoms with E-state index in [1.54, 1.807) is 12.1 Å². The van der Waals surface area contributed by atoms with E-state index in [0.29, 0.717) is 52.2 Å². The summed E-state index contributed by atoms with van der Waals surface area (Å²) < 4.78 is 18.3. The number of aliphatic hydroxyl groups is 1. The fraction of sp³-hybridized carbons (Fsp3) is 0.588. The predicted molar refractivity (Wildman–Crippen MR) is 83.4 cm³/mol. The molecule has 23 heavy (non-hydrogen) atoms. The summed E-state index contributed by atoms with van der Waals surface area (Å²) in [4.78, 5) is 16.2. The third-order valence-corrected chi connectivity index (χ3v) is 4.61. The fourth-order valence-electron chi connectivity index (χ4n) is 3.37. The molecule has 1 amide bonds. The maximum Gasteiger partial charge on any atom is 0.224 e. The number of amides is 1. The van der Waals surface area contributed by atoms with E-state index in [1.807, 2.05) is 4.90 Å². The second-order valence-corrected chi connectivity index (χ2v) is 6.19. The number of carbonyl (C=O) groups excluding carboxylic acids is 1. The summed E-state index contributed by atoms with van der Waals surface area (Å²) in [7, 11) is 0. The highest BCUT2D eigenvalue weighted by atomic mass is 19.1. The molecule has 0 unspecified atom stereocenters. The van der Waals surface area contributed by atoms with Gasteiger partial charge in [0.05, 0.1) is 19.3 Å². The first kappa shape index (κ1) is 16.4. The lowest BCUT2D eigenvalue weighted by Crippen LogP contribution is -2.42. The van der Waals surface area contributed by atoms with Gasteiger partial charge >= 0.3 is 0 Å². The van der Waals surface area contributed by atoms with Crippen LogP contribution >= 0.6 is 0 Å². The SMILES string of the molecule is O=C(CCN1C[C@H](O)C[C@@H]1c1ccc(F)cc1)N1CCOCC1. The van der Waals surface area contributed by atoms with Crippen LogP contribution < -0.4 is 0 Å². The lowest BCUT2D eigenvalue weighted by molar-refractivity contribution is -0.135. The summed E-state index contributed by atoms with van der Waals surface area (Å²) >= 11 is 0. The molecule has 0 spiro atoms. The number of morpholine rings is 1. The van der Waals surface area contributed by atoms with Crippen molar-refractivity contribution < 1.29 is 19.0 Å². The van der Waals surface area contributed by atoms with Crippen molar-refractivity contribution in [3.63, 3.8) is 0 Å². The van der Waals surface area contributed by atoms with E-state index >= 15 is 0 Å². The molecule has 2 aliphatic rings. The molecule has 0 saturated carbocycles. The molecular formula is C17H23FN2O3. The molecular weight excluding hydrogens is 299 g/mol. The van der Waals surface area contributed by atoms with E-state index in [2.05, 4.69) is 4.90 Å². The van der Waals surface area contributed by atoms with Gasteiger partial charge in [0.2, 0.25) is 5.91 Å². The van der Waals surface area contributed by atoms with Crippen molar-refractivity contribution in [2.24, 2.45) is 0 Å². The Balaban J connectivity index is 1.58. The molecule has 0 aliphatic carbocycles. The van der Waals surface area contributed by atoms with Crippen LogP contribution in [0.1, 0.15) is 24.4 Å². The molecule has 2 heterocycles. The number of likely N-dealkylation sites (tertiary alicyclic amines) is 1. The Morgan fingerprint density at radius 2 is 1.96 bits per heavy atom. The predicted octanol–water partition coefficient (Wildman–Crippen LogP) is 1.18. The van der Waals surface area contributed by atoms with Crippen LogP contribution in [0.2, 0.25) is 0 Å². The zero-order chi connectivity index (χ0) is 16.2. The second kappa shape index (κ2) is 7.38. The Labute approximate surface area is 135 Å². The smallest absolute Gasteiger partial charge is 0.224 e. The van der Waals surface area contributed by atoms with Crippen LogP contribution in [0, 0.1) is 5.82 Å². The lowest BCUT2D eigenvalue weighted by atomic mass is 10.0. The number of nitrogens with zero attached hydrogens (tertiary/aromatic N) is 2. The Hall–Kier alpha value is -1.50. The zero-order valence-electron chi connectivity index (χ0n) is 13.2. The van der Waals surface area contributed by atoms with Gasteiger partial charge in [-0.1, -0.05) is 12.1 Å². The van der Waals surface area contributed by atoms with Crippen LogP contribution in [0.15, 0.2) is 24.3 Å². The maximum absolute atomic E-state index is 13.1. The Morgan fingerprint density at radius 1 is 1.26 bits per heavy atom. The first-order valence-electron chi connectivity index (χ1n) is 8.16. The maximum atomic E-state index is 13.1. The first-order valence-corrected chi connectivity index (χ1v) is 8.16. The lowest BCUT2D eigenvalue weighted by Gasteiger charge is -2.29. The Kier molecular flexibility index (Phi) is 5.25. The number of carbonyl (C=O) groups is 1. The van der Waals surface area contributed by atoms with Crippen LogP contribution in [0.5, 0.6) is 0 Å². The van der Waals surface area contributed by atoms with E-state index in [1.165, 1.54) is 12.1 Å². The number of hydrogen-bond donors (Lipinski definition) is 1. The van der Waals surface area contributed by atoms with E-state index in [-0.39, 0.29) is 17.8 Å². The molecule has 3 rings (SSSR count). The molecule has 6 heteroatoms. The van der Waals surface area contributed by atoms with Gasteiger partial charge in [0.15, 0.2) is 0 Å². The molecule has 2 atom stereocenters. The number of hydrogen-bond acceptors (Lipinski definition) is 4. The normalized spacial score (nSPS) is 25.7. The summed E-state index contributed by atoms with van der Waals surface area (Å²) in [6, 6.07) is 6.45. The van der Waals surface area contributed by atoms with Crippen molar-refractivity contribution >= 4 is 5.91 Å². The zero-order valence-corrected chi connectivity index (χ0v) is 13.2. The molecule has 0 aromatic heterocycles. The molecule has 1 aromatic rings. The van der Waals surface area contributed by atoms with E-state index in [9.17, 15) is 14.3 Å². The highest BCUT2D eigenvalue weighted by molar-refractivity contribution is 5.76. The van der Waals surface area contributed by atoms with Gasteiger partial charge in [-0.15, -0.1) is 0 Å². The van der Waals surface area contributed by atoms with Crippen molar-refractivity contribution in [3.8, 4) is 0 Å². The van der Waals surface area contributed by atoms with E-state index < -0.39 is 6.10 Å². The quantitative estimate of drug-likeness (QED) is 0.904. The van der Waals surface area contributed by atoms with Gasteiger partial charge < -0.3 is 14.7 Å². The van der Waals surface area contributed by atoms with E-state index in [4.69, 9.17) is 4.74 Å². The minimum atomic E-state index is -0.399. The fourth-order valence-corrected chi connectivity index (χ4v) is 3.37. The standard InChI is InChI=1S/C17H23FN2O3/c18-14-3-1-13(2-4-14)16-11-15(21)12-20(16)6-5-17(22)19-7-9-23-10-8-19/h1-4,15-16,21H,5-12H2/t15-,16-/m1/s1. The topological polar surface area (TPSA) is 53.0 Å². The molecule has 1 N–H and O–H groups in total. The molecule has 2 aliphatic heterocycles. The monoisotopic (exact) mass is 322 g/mol. The molecule has 1 aromatic carbocycles. The molecule has 2 saturated heterocycles. The van der Waals surface area contributed by atoms with Gasteiger partial charge in [0.25, 0.3) is 0 Å². The van der Waals surface area contributed by atoms with Crippen LogP contribution in [-0.2, 0) is 9.53 Å².